The number of hydrogen-bond acceptors (Lipinski definition) is 7. The third kappa shape index (κ3) is 11.2. The van der Waals surface area contributed by atoms with Crippen LogP contribution >= 0.6 is 0 Å². The van der Waals surface area contributed by atoms with Gasteiger partial charge in [-0.15, -0.1) is 0 Å². The molecule has 0 unspecified atom stereocenters. The molecule has 71 heavy (non-hydrogen) atoms. The largest absolute Gasteiger partial charge is 0.737 e. The van der Waals surface area contributed by atoms with Gasteiger partial charge in [-0.2, -0.15) is 0 Å². The van der Waals surface area contributed by atoms with Crippen molar-refractivity contribution in [2.75, 3.05) is 24.5 Å². The maximum atomic E-state index is 15.8. The number of carbonyl (C=O) groups is 6. The highest BCUT2D eigenvalue weighted by Gasteiger charge is 2.52. The monoisotopic (exact) mass is 963 g/mol. The van der Waals surface area contributed by atoms with Crippen LogP contribution in [0.15, 0.2) is 133 Å². The molecule has 4 heterocycles. The van der Waals surface area contributed by atoms with E-state index in [2.05, 4.69) is 21.3 Å². The van der Waals surface area contributed by atoms with Crippen molar-refractivity contribution in [3.63, 3.8) is 0 Å². The van der Waals surface area contributed by atoms with Crippen LogP contribution in [0.3, 0.4) is 0 Å². The van der Waals surface area contributed by atoms with Crippen molar-refractivity contribution in [3.8, 4) is 5.75 Å². The SMILES string of the molecule is Cc1cc(C)n2c1C=C1C=CC(CCC(=O)NCCCCCNC(=O)CN3C(=O)[C@@H](NC(=O)[C@@H](C)NC(=O)Cc4ccc(C(=O)c5ccccc5)cc4)[C@@H](c4ccccc4)Oc4ccccc43)=[N+]1[B-]2(F)F. The number of nitrogens with one attached hydrogen (secondary N) is 4. The lowest BCUT2D eigenvalue weighted by Crippen LogP contribution is -2.56. The topological polar surface area (TPSA) is 171 Å². The lowest BCUT2D eigenvalue weighted by atomic mass is 9.90. The van der Waals surface area contributed by atoms with Crippen molar-refractivity contribution >= 4 is 59.8 Å². The maximum absolute atomic E-state index is 15.8. The minimum atomic E-state index is -4.10. The number of ketones is 1. The van der Waals surface area contributed by atoms with Crippen LogP contribution < -0.4 is 30.9 Å². The minimum absolute atomic E-state index is 0.0508. The van der Waals surface area contributed by atoms with Gasteiger partial charge in [0.15, 0.2) is 17.6 Å². The van der Waals surface area contributed by atoms with Crippen LogP contribution in [0.2, 0.25) is 0 Å². The smallest absolute Gasteiger partial charge is 0.481 e. The van der Waals surface area contributed by atoms with E-state index in [0.29, 0.717) is 88.8 Å². The van der Waals surface area contributed by atoms with Crippen LogP contribution in [0.4, 0.5) is 14.3 Å². The van der Waals surface area contributed by atoms with E-state index in [1.807, 2.05) is 19.1 Å². The number of carbonyl (C=O) groups excluding carboxylic acids is 6. The molecule has 366 valence electrons. The van der Waals surface area contributed by atoms with Crippen molar-refractivity contribution < 1.29 is 46.6 Å². The summed E-state index contributed by atoms with van der Waals surface area (Å²) < 4.78 is 40.2. The average Bonchev–Trinajstić information content (AvgIpc) is 3.90. The number of unbranched alkanes of at least 4 members (excludes halogenated alkanes) is 2. The molecule has 0 saturated heterocycles. The molecule has 1 aromatic heterocycles. The van der Waals surface area contributed by atoms with Crippen LogP contribution in [0.5, 0.6) is 5.75 Å². The van der Waals surface area contributed by atoms with Gasteiger partial charge in [0, 0.05) is 61.0 Å². The molecule has 5 aromatic rings. The van der Waals surface area contributed by atoms with Gasteiger partial charge in [0.05, 0.1) is 12.1 Å². The summed E-state index contributed by atoms with van der Waals surface area (Å²) in [5, 5.41) is 11.3. The molecule has 3 aliphatic rings. The Bertz CT molecular complexity index is 2940. The molecular weight excluding hydrogens is 907 g/mol. The summed E-state index contributed by atoms with van der Waals surface area (Å²) in [5.74, 6) is -2.21. The number of hydrogen-bond donors (Lipinski definition) is 4. The van der Waals surface area contributed by atoms with Gasteiger partial charge in [-0.1, -0.05) is 97.1 Å². The van der Waals surface area contributed by atoms with Gasteiger partial charge in [-0.25, -0.2) is 0 Å². The Morgan fingerprint density at radius 3 is 2.14 bits per heavy atom. The average molecular weight is 964 g/mol. The zero-order valence-corrected chi connectivity index (χ0v) is 39.8. The molecule has 0 fully saturated rings. The molecule has 8 rings (SSSR count). The first-order valence-corrected chi connectivity index (χ1v) is 23.9. The maximum Gasteiger partial charge on any atom is 0.737 e. The van der Waals surface area contributed by atoms with Gasteiger partial charge in [0.1, 0.15) is 30.1 Å². The van der Waals surface area contributed by atoms with Crippen LogP contribution in [0, 0.1) is 13.8 Å². The van der Waals surface area contributed by atoms with Crippen LogP contribution in [0.25, 0.3) is 6.08 Å². The number of anilines is 1. The first kappa shape index (κ1) is 49.5. The molecular formula is C54H56BF2N7O7. The fraction of sp³-hybridized carbons (Fsp3) is 0.278. The number of rotatable bonds is 19. The normalized spacial score (nSPS) is 16.9. The molecule has 0 saturated carbocycles. The first-order valence-electron chi connectivity index (χ1n) is 23.9. The molecule has 5 amide bonds. The number of allylic oxidation sites excluding steroid dienone is 2. The van der Waals surface area contributed by atoms with E-state index in [-0.39, 0.29) is 37.5 Å². The fourth-order valence-corrected chi connectivity index (χ4v) is 9.26. The number of aromatic nitrogens is 1. The van der Waals surface area contributed by atoms with E-state index in [1.165, 1.54) is 11.8 Å². The minimum Gasteiger partial charge on any atom is -0.481 e. The molecule has 0 aliphatic carbocycles. The third-order valence-electron chi connectivity index (χ3n) is 12.9. The summed E-state index contributed by atoms with van der Waals surface area (Å²) in [6, 6.07) is 30.6. The second kappa shape index (κ2) is 21.8. The lowest BCUT2D eigenvalue weighted by molar-refractivity contribution is -0.362. The number of benzene rings is 4. The fourth-order valence-electron chi connectivity index (χ4n) is 9.26. The Balaban J connectivity index is 0.823. The van der Waals surface area contributed by atoms with E-state index in [9.17, 15) is 28.8 Å². The Kier molecular flexibility index (Phi) is 15.2. The molecule has 14 nitrogen and oxygen atoms in total. The molecule has 0 radical (unpaired) electrons. The highest BCUT2D eigenvalue weighted by molar-refractivity contribution is 6.58. The van der Waals surface area contributed by atoms with Gasteiger partial charge in [-0.3, -0.25) is 33.7 Å². The lowest BCUT2D eigenvalue weighted by Gasteiger charge is -2.30. The van der Waals surface area contributed by atoms with Gasteiger partial charge < -0.3 is 43.6 Å². The van der Waals surface area contributed by atoms with Crippen LogP contribution in [-0.4, -0.2) is 88.7 Å². The summed E-state index contributed by atoms with van der Waals surface area (Å²) in [6.45, 7) is 1.17. The Morgan fingerprint density at radius 1 is 0.775 bits per heavy atom. The van der Waals surface area contributed by atoms with Gasteiger partial charge >= 0.3 is 6.97 Å². The van der Waals surface area contributed by atoms with Crippen LogP contribution in [0.1, 0.15) is 89.1 Å². The highest BCUT2D eigenvalue weighted by Crippen LogP contribution is 2.38. The number of halogens is 2. The first-order chi connectivity index (χ1) is 34.2. The Labute approximate surface area is 410 Å². The quantitative estimate of drug-likeness (QED) is 0.0415. The Hall–Kier alpha value is -7.95. The molecule has 0 spiro atoms. The number of fused-ring (bicyclic) bond motifs is 3. The number of para-hydroxylation sites is 2. The van der Waals surface area contributed by atoms with Gasteiger partial charge in [-0.05, 0) is 80.6 Å². The summed E-state index contributed by atoms with van der Waals surface area (Å²) in [5.41, 5.74) is 5.16. The van der Waals surface area contributed by atoms with E-state index in [0.717, 1.165) is 14.5 Å². The number of nitrogens with zero attached hydrogens (tertiary/aromatic N) is 3. The third-order valence-corrected chi connectivity index (χ3v) is 12.9. The van der Waals surface area contributed by atoms with Crippen molar-refractivity contribution in [1.82, 2.24) is 25.7 Å². The summed E-state index contributed by atoms with van der Waals surface area (Å²) in [4.78, 5) is 82.1. The van der Waals surface area contributed by atoms with Crippen molar-refractivity contribution in [2.45, 2.75) is 77.5 Å². The van der Waals surface area contributed by atoms with E-state index in [4.69, 9.17) is 4.74 Å². The van der Waals surface area contributed by atoms with Gasteiger partial charge in [0.2, 0.25) is 23.6 Å². The second-order valence-electron chi connectivity index (χ2n) is 18.0. The predicted octanol–water partition coefficient (Wildman–Crippen LogP) is 6.52. The van der Waals surface area contributed by atoms with E-state index >= 15 is 8.63 Å². The molecule has 3 aliphatic heterocycles. The zero-order valence-electron chi connectivity index (χ0n) is 39.8. The van der Waals surface area contributed by atoms with Crippen molar-refractivity contribution in [3.05, 3.63) is 172 Å². The number of aryl methyl sites for hydroxylation is 2. The van der Waals surface area contributed by atoms with Crippen molar-refractivity contribution in [1.29, 1.82) is 0 Å². The number of ether oxygens (including phenoxy) is 1. The molecule has 4 N–H and O–H groups in total. The summed E-state index contributed by atoms with van der Waals surface area (Å²) >= 11 is 0. The molecule has 17 heteroatoms. The number of amides is 5. The molecule has 4 aromatic carbocycles. The van der Waals surface area contributed by atoms with Gasteiger partial charge in [0.25, 0.3) is 5.91 Å². The molecule has 0 bridgehead atoms. The van der Waals surface area contributed by atoms with Crippen LogP contribution in [-0.2, 0) is 30.4 Å². The zero-order chi connectivity index (χ0) is 50.2. The van der Waals surface area contributed by atoms with E-state index < -0.39 is 48.8 Å². The summed E-state index contributed by atoms with van der Waals surface area (Å²) in [6.07, 6.45) is 6.07. The predicted molar refractivity (Wildman–Crippen MR) is 267 cm³/mol. The van der Waals surface area contributed by atoms with Crippen molar-refractivity contribution in [2.24, 2.45) is 0 Å². The summed E-state index contributed by atoms with van der Waals surface area (Å²) in [7, 11) is 0. The molecule has 3 atom stereocenters. The second-order valence-corrected chi connectivity index (χ2v) is 18.0. The highest BCUT2D eigenvalue weighted by atomic mass is 19.2. The Morgan fingerprint density at radius 2 is 1.42 bits per heavy atom. The van der Waals surface area contributed by atoms with E-state index in [1.54, 1.807) is 128 Å². The standard InChI is InChI=1S/C54H56BF2N7O7/c1-35-31-36(2)63-45(35)33-43-26-25-42(64(43)55(63,56)57)27-28-47(65)58-29-13-6-14-30-59-49(67)34-62-44-19-11-12-20-46(44)71-52(41-17-9-5-10-18-41)50(54(62)70)61-53(69)37(3)60-48(66)32-38-21-23-40(24-22-38)51(68)39-15-7-4-8-16-39/h4-5,7-12,15-26,31,33,37,50,52H,6,13-14,27-30,32,34H2,1-3H3,(H,58,65)(H,59,67)(H,60,66)(H,61,69)/t37-,50+,52-/m1/s1.